The van der Waals surface area contributed by atoms with Crippen molar-refractivity contribution in [2.24, 2.45) is 0 Å². The Morgan fingerprint density at radius 3 is 2.76 bits per heavy atom. The Balaban J connectivity index is 1.68. The highest BCUT2D eigenvalue weighted by molar-refractivity contribution is 8.00. The van der Waals surface area contributed by atoms with E-state index in [9.17, 15) is 9.59 Å². The number of thioether (sulfide) groups is 1. The van der Waals surface area contributed by atoms with Crippen LogP contribution in [0.2, 0.25) is 0 Å². The van der Waals surface area contributed by atoms with Crippen LogP contribution >= 0.6 is 11.8 Å². The Morgan fingerprint density at radius 1 is 1.28 bits per heavy atom. The van der Waals surface area contributed by atoms with E-state index in [0.717, 1.165) is 16.3 Å². The number of carbonyl (C=O) groups excluding carboxylic acids is 2. The third kappa shape index (κ3) is 3.85. The highest BCUT2D eigenvalue weighted by Gasteiger charge is 2.34. The molecule has 2 atom stereocenters. The van der Waals surface area contributed by atoms with Crippen molar-refractivity contribution in [1.82, 2.24) is 10.3 Å². The fourth-order valence-corrected chi connectivity index (χ4v) is 4.06. The molecule has 0 spiro atoms. The first-order valence-electron chi connectivity index (χ1n) is 8.37. The minimum absolute atomic E-state index is 0.0319. The van der Waals surface area contributed by atoms with Gasteiger partial charge < -0.3 is 10.2 Å². The van der Waals surface area contributed by atoms with Crippen molar-refractivity contribution in [3.05, 3.63) is 54.2 Å². The van der Waals surface area contributed by atoms with Crippen LogP contribution in [-0.2, 0) is 9.59 Å². The predicted octanol–water partition coefficient (Wildman–Crippen LogP) is 3.18. The molecule has 0 bridgehead atoms. The molecule has 130 valence electrons. The maximum atomic E-state index is 12.7. The summed E-state index contributed by atoms with van der Waals surface area (Å²) in [7, 11) is 0. The van der Waals surface area contributed by atoms with Crippen LogP contribution < -0.4 is 10.2 Å². The molecule has 2 amide bonds. The van der Waals surface area contributed by atoms with Gasteiger partial charge in [0.2, 0.25) is 11.8 Å². The first-order chi connectivity index (χ1) is 12.1. The number of rotatable bonds is 5. The second-order valence-corrected chi connectivity index (χ2v) is 7.11. The summed E-state index contributed by atoms with van der Waals surface area (Å²) < 4.78 is 0. The summed E-state index contributed by atoms with van der Waals surface area (Å²) in [6.45, 7) is 4.44. The fraction of sp³-hybridized carbons (Fsp3) is 0.316. The molecule has 25 heavy (non-hydrogen) atoms. The van der Waals surface area contributed by atoms with E-state index in [0.29, 0.717) is 6.54 Å². The Labute approximate surface area is 151 Å². The quantitative estimate of drug-likeness (QED) is 0.895. The predicted molar refractivity (Wildman–Crippen MR) is 99.5 cm³/mol. The Morgan fingerprint density at radius 2 is 2.04 bits per heavy atom. The summed E-state index contributed by atoms with van der Waals surface area (Å²) in [6, 6.07) is 13.4. The molecule has 0 radical (unpaired) electrons. The SMILES string of the molecule is CCN1C(=O)[C@H](CC(=O)N[C@@H](C)c2ccccc2)Sc2ncccc21. The lowest BCUT2D eigenvalue weighted by Crippen LogP contribution is -2.43. The van der Waals surface area contributed by atoms with E-state index in [4.69, 9.17) is 0 Å². The van der Waals surface area contributed by atoms with Crippen molar-refractivity contribution < 1.29 is 9.59 Å². The Kier molecular flexibility index (Phi) is 5.38. The third-order valence-corrected chi connectivity index (χ3v) is 5.39. The number of hydrogen-bond donors (Lipinski definition) is 1. The first-order valence-corrected chi connectivity index (χ1v) is 9.25. The molecule has 1 aromatic heterocycles. The van der Waals surface area contributed by atoms with Gasteiger partial charge in [0, 0.05) is 19.2 Å². The van der Waals surface area contributed by atoms with Gasteiger partial charge >= 0.3 is 0 Å². The van der Waals surface area contributed by atoms with Gasteiger partial charge in [0.1, 0.15) is 5.03 Å². The molecule has 1 aliphatic heterocycles. The van der Waals surface area contributed by atoms with E-state index in [1.807, 2.05) is 56.3 Å². The number of carbonyl (C=O) groups is 2. The second-order valence-electron chi connectivity index (χ2n) is 5.92. The highest BCUT2D eigenvalue weighted by atomic mass is 32.2. The van der Waals surface area contributed by atoms with Crippen LogP contribution in [0.4, 0.5) is 5.69 Å². The number of amides is 2. The van der Waals surface area contributed by atoms with Crippen LogP contribution in [0.15, 0.2) is 53.7 Å². The van der Waals surface area contributed by atoms with Gasteiger partial charge in [0.25, 0.3) is 0 Å². The maximum absolute atomic E-state index is 12.7. The van der Waals surface area contributed by atoms with E-state index in [1.165, 1.54) is 11.8 Å². The molecular weight excluding hydrogens is 334 g/mol. The van der Waals surface area contributed by atoms with Crippen LogP contribution in [0.5, 0.6) is 0 Å². The molecule has 5 nitrogen and oxygen atoms in total. The van der Waals surface area contributed by atoms with Crippen LogP contribution in [0.1, 0.15) is 31.9 Å². The molecule has 0 fully saturated rings. The van der Waals surface area contributed by atoms with Crippen molar-refractivity contribution in [3.63, 3.8) is 0 Å². The lowest BCUT2D eigenvalue weighted by Gasteiger charge is -2.32. The van der Waals surface area contributed by atoms with Gasteiger partial charge in [0.15, 0.2) is 0 Å². The number of hydrogen-bond acceptors (Lipinski definition) is 4. The van der Waals surface area contributed by atoms with Gasteiger partial charge in [-0.3, -0.25) is 9.59 Å². The van der Waals surface area contributed by atoms with Crippen molar-refractivity contribution in [2.45, 2.75) is 36.6 Å². The van der Waals surface area contributed by atoms with Crippen LogP contribution in [0.25, 0.3) is 0 Å². The summed E-state index contributed by atoms with van der Waals surface area (Å²) in [6.07, 6.45) is 1.86. The summed E-state index contributed by atoms with van der Waals surface area (Å²) in [5.41, 5.74) is 1.87. The van der Waals surface area contributed by atoms with Crippen molar-refractivity contribution >= 4 is 29.3 Å². The number of aromatic nitrogens is 1. The van der Waals surface area contributed by atoms with Gasteiger partial charge in [-0.2, -0.15) is 0 Å². The minimum Gasteiger partial charge on any atom is -0.350 e. The van der Waals surface area contributed by atoms with E-state index >= 15 is 0 Å². The Hall–Kier alpha value is -2.34. The molecule has 1 N–H and O–H groups in total. The largest absolute Gasteiger partial charge is 0.350 e. The summed E-state index contributed by atoms with van der Waals surface area (Å²) in [5.74, 6) is -0.159. The van der Waals surface area contributed by atoms with Gasteiger partial charge in [0.05, 0.1) is 17.0 Å². The molecule has 2 aromatic rings. The van der Waals surface area contributed by atoms with Crippen molar-refractivity contribution in [1.29, 1.82) is 0 Å². The molecule has 3 rings (SSSR count). The number of benzene rings is 1. The lowest BCUT2D eigenvalue weighted by molar-refractivity contribution is -0.125. The zero-order chi connectivity index (χ0) is 17.8. The summed E-state index contributed by atoms with van der Waals surface area (Å²) >= 11 is 1.37. The standard InChI is InChI=1S/C19H21N3O2S/c1-3-22-15-10-7-11-20-18(15)25-16(19(22)24)12-17(23)21-13(2)14-8-5-4-6-9-14/h4-11,13,16H,3,12H2,1-2H3,(H,21,23)/t13-,16-/m0/s1. The van der Waals surface area contributed by atoms with Gasteiger partial charge in [-0.1, -0.05) is 42.1 Å². The fourth-order valence-electron chi connectivity index (χ4n) is 2.91. The number of nitrogens with zero attached hydrogens (tertiary/aromatic N) is 2. The molecule has 1 aliphatic rings. The highest BCUT2D eigenvalue weighted by Crippen LogP contribution is 2.38. The summed E-state index contributed by atoms with van der Waals surface area (Å²) in [4.78, 5) is 31.2. The molecule has 0 aliphatic carbocycles. The smallest absolute Gasteiger partial charge is 0.241 e. The number of anilines is 1. The Bertz CT molecular complexity index is 766. The second kappa shape index (κ2) is 7.70. The lowest BCUT2D eigenvalue weighted by atomic mass is 10.1. The van der Waals surface area contributed by atoms with E-state index < -0.39 is 5.25 Å². The summed E-state index contributed by atoms with van der Waals surface area (Å²) in [5, 5.41) is 3.34. The topological polar surface area (TPSA) is 62.3 Å². The van der Waals surface area contributed by atoms with Gasteiger partial charge in [-0.05, 0) is 31.5 Å². The normalized spacial score (nSPS) is 17.8. The molecule has 0 saturated heterocycles. The number of nitrogens with one attached hydrogen (secondary N) is 1. The van der Waals surface area contributed by atoms with Crippen LogP contribution in [-0.4, -0.2) is 28.6 Å². The molecular formula is C19H21N3O2S. The molecule has 1 aromatic carbocycles. The zero-order valence-electron chi connectivity index (χ0n) is 14.3. The van der Waals surface area contributed by atoms with E-state index in [1.54, 1.807) is 11.1 Å². The third-order valence-electron chi connectivity index (χ3n) is 4.20. The average Bonchev–Trinajstić information content (AvgIpc) is 2.63. The average molecular weight is 355 g/mol. The number of fused-ring (bicyclic) bond motifs is 1. The monoisotopic (exact) mass is 355 g/mol. The van der Waals surface area contributed by atoms with Gasteiger partial charge in [-0.25, -0.2) is 4.98 Å². The van der Waals surface area contributed by atoms with Crippen LogP contribution in [0.3, 0.4) is 0 Å². The van der Waals surface area contributed by atoms with E-state index in [-0.39, 0.29) is 24.3 Å². The molecule has 2 heterocycles. The van der Waals surface area contributed by atoms with Crippen molar-refractivity contribution in [2.75, 3.05) is 11.4 Å². The van der Waals surface area contributed by atoms with Gasteiger partial charge in [-0.15, -0.1) is 0 Å². The number of pyridine rings is 1. The van der Waals surface area contributed by atoms with Crippen LogP contribution in [0, 0.1) is 0 Å². The zero-order valence-corrected chi connectivity index (χ0v) is 15.1. The molecule has 0 saturated carbocycles. The minimum atomic E-state index is -0.440. The first kappa shape index (κ1) is 17.5. The molecule has 6 heteroatoms. The van der Waals surface area contributed by atoms with E-state index in [2.05, 4.69) is 10.3 Å². The molecule has 0 unspecified atom stereocenters. The van der Waals surface area contributed by atoms with Crippen molar-refractivity contribution in [3.8, 4) is 0 Å². The maximum Gasteiger partial charge on any atom is 0.241 e.